The fraction of sp³-hybridized carbons (Fsp3) is 0.484. The zero-order valence-corrected chi connectivity index (χ0v) is 24.4. The first-order valence-corrected chi connectivity index (χ1v) is 14.2. The summed E-state index contributed by atoms with van der Waals surface area (Å²) in [5, 5.41) is 8.39. The number of morpholine rings is 1. The fourth-order valence-corrected chi connectivity index (χ4v) is 4.77. The van der Waals surface area contributed by atoms with Gasteiger partial charge in [-0.1, -0.05) is 42.5 Å². The number of nitrogens with one attached hydrogen (secondary N) is 3. The molecular weight excluding hydrogens is 540 g/mol. The quantitative estimate of drug-likeness (QED) is 0.277. The Kier molecular flexibility index (Phi) is 10.7. The molecule has 0 saturated carbocycles. The van der Waals surface area contributed by atoms with Gasteiger partial charge in [-0.25, -0.2) is 0 Å². The molecular formula is C31H40N4O7. The van der Waals surface area contributed by atoms with Gasteiger partial charge in [0.15, 0.2) is 5.78 Å². The van der Waals surface area contributed by atoms with Crippen molar-refractivity contribution in [3.05, 3.63) is 65.7 Å². The summed E-state index contributed by atoms with van der Waals surface area (Å²) >= 11 is 0. The van der Waals surface area contributed by atoms with Gasteiger partial charge in [-0.15, -0.1) is 0 Å². The van der Waals surface area contributed by atoms with Crippen LogP contribution in [0.4, 0.5) is 0 Å². The predicted octanol–water partition coefficient (Wildman–Crippen LogP) is 0.645. The van der Waals surface area contributed by atoms with E-state index in [1.807, 2.05) is 47.4 Å². The van der Waals surface area contributed by atoms with E-state index >= 15 is 0 Å². The molecule has 11 nitrogen and oxygen atoms in total. The van der Waals surface area contributed by atoms with Gasteiger partial charge in [-0.3, -0.25) is 24.1 Å². The van der Waals surface area contributed by atoms with E-state index < -0.39 is 35.5 Å². The van der Waals surface area contributed by atoms with E-state index in [0.29, 0.717) is 38.7 Å². The highest BCUT2D eigenvalue weighted by atomic mass is 16.6. The molecule has 11 heteroatoms. The topological polar surface area (TPSA) is 139 Å². The summed E-state index contributed by atoms with van der Waals surface area (Å²) in [6, 6.07) is 13.8. The van der Waals surface area contributed by atoms with Crippen molar-refractivity contribution in [2.75, 3.05) is 46.6 Å². The fourth-order valence-electron chi connectivity index (χ4n) is 4.77. The smallest absolute Gasteiger partial charge is 0.243 e. The van der Waals surface area contributed by atoms with Crippen LogP contribution in [-0.4, -0.2) is 98.7 Å². The molecule has 2 aliphatic heterocycles. The summed E-state index contributed by atoms with van der Waals surface area (Å²) in [4.78, 5) is 54.8. The molecule has 0 aliphatic carbocycles. The van der Waals surface area contributed by atoms with E-state index in [2.05, 4.69) is 16.0 Å². The van der Waals surface area contributed by atoms with Crippen LogP contribution in [0.5, 0.6) is 5.75 Å². The Labute approximate surface area is 246 Å². The third-order valence-corrected chi connectivity index (χ3v) is 7.49. The van der Waals surface area contributed by atoms with Gasteiger partial charge >= 0.3 is 0 Å². The summed E-state index contributed by atoms with van der Waals surface area (Å²) in [5.74, 6) is -0.876. The number of nitrogens with zero attached hydrogens (tertiary/aromatic N) is 1. The average molecular weight is 581 g/mol. The summed E-state index contributed by atoms with van der Waals surface area (Å²) in [6.45, 7) is 6.13. The van der Waals surface area contributed by atoms with E-state index in [4.69, 9.17) is 14.2 Å². The number of carbonyl (C=O) groups excluding carboxylic acids is 4. The molecule has 42 heavy (non-hydrogen) atoms. The lowest BCUT2D eigenvalue weighted by Crippen LogP contribution is -2.57. The van der Waals surface area contributed by atoms with E-state index in [0.717, 1.165) is 11.1 Å². The third kappa shape index (κ3) is 8.85. The van der Waals surface area contributed by atoms with Crippen molar-refractivity contribution in [1.82, 2.24) is 20.9 Å². The lowest BCUT2D eigenvalue weighted by Gasteiger charge is -2.27. The average Bonchev–Trinajstić information content (AvgIpc) is 3.75. The number of epoxide rings is 1. The van der Waals surface area contributed by atoms with Crippen molar-refractivity contribution in [2.45, 2.75) is 50.4 Å². The van der Waals surface area contributed by atoms with Crippen LogP contribution in [0.25, 0.3) is 0 Å². The van der Waals surface area contributed by atoms with Gasteiger partial charge in [0.05, 0.1) is 39.5 Å². The first-order valence-electron chi connectivity index (χ1n) is 14.2. The molecule has 3 N–H and O–H groups in total. The Morgan fingerprint density at radius 1 is 0.881 bits per heavy atom. The van der Waals surface area contributed by atoms with Gasteiger partial charge in [0, 0.05) is 19.5 Å². The maximum absolute atomic E-state index is 13.7. The first-order chi connectivity index (χ1) is 20.2. The Balaban J connectivity index is 1.46. The van der Waals surface area contributed by atoms with Crippen molar-refractivity contribution < 1.29 is 33.4 Å². The molecule has 2 aliphatic rings. The van der Waals surface area contributed by atoms with Gasteiger partial charge in [-0.2, -0.15) is 0 Å². The lowest BCUT2D eigenvalue weighted by atomic mass is 9.94. The number of hydrogen-bond acceptors (Lipinski definition) is 8. The summed E-state index contributed by atoms with van der Waals surface area (Å²) in [5.41, 5.74) is 0.720. The summed E-state index contributed by atoms with van der Waals surface area (Å²) in [6.07, 6.45) is 0.442. The molecule has 2 fully saturated rings. The molecule has 4 rings (SSSR count). The van der Waals surface area contributed by atoms with Crippen LogP contribution in [0.3, 0.4) is 0 Å². The molecule has 2 heterocycles. The Morgan fingerprint density at radius 2 is 1.48 bits per heavy atom. The maximum atomic E-state index is 13.7. The van der Waals surface area contributed by atoms with E-state index in [1.165, 1.54) is 0 Å². The van der Waals surface area contributed by atoms with Crippen LogP contribution in [-0.2, 0) is 41.5 Å². The molecule has 0 radical (unpaired) electrons. The Morgan fingerprint density at radius 3 is 2.10 bits per heavy atom. The van der Waals surface area contributed by atoms with Crippen molar-refractivity contribution in [2.24, 2.45) is 0 Å². The van der Waals surface area contributed by atoms with Gasteiger partial charge in [-0.05, 0) is 43.5 Å². The normalized spacial score (nSPS) is 20.5. The second-order valence-electron chi connectivity index (χ2n) is 10.9. The maximum Gasteiger partial charge on any atom is 0.243 e. The highest BCUT2D eigenvalue weighted by Crippen LogP contribution is 2.29. The predicted molar refractivity (Wildman–Crippen MR) is 155 cm³/mol. The van der Waals surface area contributed by atoms with Crippen molar-refractivity contribution in [3.63, 3.8) is 0 Å². The number of rotatable bonds is 14. The van der Waals surface area contributed by atoms with E-state index in [-0.39, 0.29) is 31.1 Å². The van der Waals surface area contributed by atoms with Gasteiger partial charge in [0.2, 0.25) is 17.7 Å². The molecule has 2 aromatic carbocycles. The molecule has 2 saturated heterocycles. The van der Waals surface area contributed by atoms with Crippen LogP contribution in [0, 0.1) is 0 Å². The number of methoxy groups -OCH3 is 1. The standard InChI is InChI=1S/C31H40N4O7/c1-21(32-27(36)19-35-13-15-41-16-14-35)29(38)34-26(18-23-9-11-24(40-3)12-10-23)30(39)33-25(28(37)31(2)20-42-31)17-22-7-5-4-6-8-22/h4-12,21,25-26H,13-20H2,1-3H3,(H,32,36)(H,33,39)(H,34,38)/t21?,25?,26?,31-/m1/s1. The summed E-state index contributed by atoms with van der Waals surface area (Å²) in [7, 11) is 1.56. The van der Waals surface area contributed by atoms with Crippen LogP contribution >= 0.6 is 0 Å². The van der Waals surface area contributed by atoms with Crippen molar-refractivity contribution in [1.29, 1.82) is 0 Å². The SMILES string of the molecule is COc1ccc(CC(NC(=O)C(C)NC(=O)CN2CCOCC2)C(=O)NC(Cc2ccccc2)C(=O)[C@@]2(C)CO2)cc1. The zero-order valence-electron chi connectivity index (χ0n) is 24.4. The Bertz CT molecular complexity index is 1230. The monoisotopic (exact) mass is 580 g/mol. The number of amides is 3. The van der Waals surface area contributed by atoms with E-state index in [9.17, 15) is 19.2 Å². The van der Waals surface area contributed by atoms with Crippen LogP contribution in [0.15, 0.2) is 54.6 Å². The molecule has 3 amide bonds. The largest absolute Gasteiger partial charge is 0.497 e. The molecule has 0 bridgehead atoms. The van der Waals surface area contributed by atoms with Gasteiger partial charge in [0.1, 0.15) is 23.4 Å². The molecule has 4 atom stereocenters. The number of Topliss-reactive ketones (excluding diaryl/α,β-unsaturated/α-hetero) is 1. The number of ether oxygens (including phenoxy) is 3. The second-order valence-corrected chi connectivity index (χ2v) is 10.9. The highest BCUT2D eigenvalue weighted by Gasteiger charge is 2.50. The number of benzene rings is 2. The minimum absolute atomic E-state index is 0.154. The minimum atomic E-state index is -1.01. The zero-order chi connectivity index (χ0) is 30.1. The van der Waals surface area contributed by atoms with Crippen molar-refractivity contribution in [3.8, 4) is 5.75 Å². The molecule has 0 aromatic heterocycles. The van der Waals surface area contributed by atoms with Crippen LogP contribution in [0.2, 0.25) is 0 Å². The van der Waals surface area contributed by atoms with Crippen LogP contribution < -0.4 is 20.7 Å². The van der Waals surface area contributed by atoms with Gasteiger partial charge < -0.3 is 30.2 Å². The second kappa shape index (κ2) is 14.4. The molecule has 3 unspecified atom stereocenters. The number of ketones is 1. The molecule has 2 aromatic rings. The third-order valence-electron chi connectivity index (χ3n) is 7.49. The minimum Gasteiger partial charge on any atom is -0.497 e. The van der Waals surface area contributed by atoms with Gasteiger partial charge in [0.25, 0.3) is 0 Å². The van der Waals surface area contributed by atoms with Crippen LogP contribution in [0.1, 0.15) is 25.0 Å². The number of carbonyl (C=O) groups is 4. The Hall–Kier alpha value is -3.80. The van der Waals surface area contributed by atoms with E-state index in [1.54, 1.807) is 33.1 Å². The molecule has 226 valence electrons. The molecule has 0 spiro atoms. The lowest BCUT2D eigenvalue weighted by molar-refractivity contribution is -0.134. The number of hydrogen-bond donors (Lipinski definition) is 3. The van der Waals surface area contributed by atoms with Crippen molar-refractivity contribution >= 4 is 23.5 Å². The summed E-state index contributed by atoms with van der Waals surface area (Å²) < 4.78 is 15.9. The highest BCUT2D eigenvalue weighted by molar-refractivity contribution is 5.98. The first kappa shape index (κ1) is 31.1.